The molecule has 0 N–H and O–H groups in total. The van der Waals surface area contributed by atoms with Crippen molar-refractivity contribution in [2.24, 2.45) is 0 Å². The normalized spacial score (nSPS) is 12.6. The van der Waals surface area contributed by atoms with Crippen molar-refractivity contribution in [3.8, 4) is 0 Å². The summed E-state index contributed by atoms with van der Waals surface area (Å²) in [6.07, 6.45) is 0.435. The average Bonchev–Trinajstić information content (AvgIpc) is 3.29. The first-order valence-corrected chi connectivity index (χ1v) is 13.5. The van der Waals surface area contributed by atoms with Gasteiger partial charge in [0.1, 0.15) is 0 Å². The molecule has 0 atom stereocenters. The third-order valence-corrected chi connectivity index (χ3v) is 12.6. The number of carbonyl (C=O) groups is 1. The second-order valence-corrected chi connectivity index (χ2v) is 13.8. The molecule has 0 saturated heterocycles. The molecule has 4 aromatic rings. The van der Waals surface area contributed by atoms with Gasteiger partial charge in [0.15, 0.2) is 0 Å². The fourth-order valence-corrected chi connectivity index (χ4v) is 9.95. The van der Waals surface area contributed by atoms with Crippen LogP contribution in [0.5, 0.6) is 0 Å². The van der Waals surface area contributed by atoms with Crippen LogP contribution in [0.1, 0.15) is 23.2 Å². The van der Waals surface area contributed by atoms with Crippen LogP contribution in [0.4, 0.5) is 0 Å². The summed E-state index contributed by atoms with van der Waals surface area (Å²) in [4.78, 5) is 12.2. The topological polar surface area (TPSA) is 39.4 Å². The van der Waals surface area contributed by atoms with E-state index in [4.69, 9.17) is 20.4 Å². The molecule has 0 aliphatic heterocycles. The zero-order valence-corrected chi connectivity index (χ0v) is 18.9. The third-order valence-electron chi connectivity index (χ3n) is 5.47. The van der Waals surface area contributed by atoms with Gasteiger partial charge < -0.3 is 0 Å². The summed E-state index contributed by atoms with van der Waals surface area (Å²) in [6.45, 7) is 2.06. The number of hydrogen-bond acceptors (Lipinski definition) is 3. The van der Waals surface area contributed by atoms with Crippen molar-refractivity contribution in [1.29, 1.82) is 0 Å². The molecule has 0 spiro atoms. The number of ether oxygens (including phenoxy) is 1. The maximum absolute atomic E-state index is 12.2. The Labute approximate surface area is 187 Å². The first kappa shape index (κ1) is 21.4. The monoisotopic (exact) mass is 450 g/mol. The summed E-state index contributed by atoms with van der Waals surface area (Å²) in [6, 6.07) is 34.0. The fourth-order valence-electron chi connectivity index (χ4n) is 4.01. The minimum absolute atomic E-state index is 0.188. The molecular formula is C26H24ClO3P. The summed E-state index contributed by atoms with van der Waals surface area (Å²) in [5, 5.41) is 3.13. The van der Waals surface area contributed by atoms with Crippen LogP contribution < -0.4 is 15.9 Å². The molecular weight excluding hydrogens is 427 g/mol. The number of hydrogen-bond donors (Lipinski definition) is 0. The van der Waals surface area contributed by atoms with Gasteiger partial charge in [-0.25, -0.2) is 0 Å². The Balaban J connectivity index is 1.96. The predicted octanol–water partition coefficient (Wildman–Crippen LogP) is 5.64. The molecule has 0 amide bonds. The quantitative estimate of drug-likeness (QED) is 0.270. The maximum atomic E-state index is 12.2. The van der Waals surface area contributed by atoms with Gasteiger partial charge in [-0.15, -0.1) is 0 Å². The number of furan rings is 1. The van der Waals surface area contributed by atoms with Gasteiger partial charge in [0.25, 0.3) is 0 Å². The van der Waals surface area contributed by atoms with Crippen LogP contribution in [-0.4, -0.2) is 12.6 Å². The predicted molar refractivity (Wildman–Crippen MR) is 129 cm³/mol. The molecule has 0 unspecified atom stereocenters. The molecule has 0 bridgehead atoms. The Bertz CT molecular complexity index is 1060. The van der Waals surface area contributed by atoms with E-state index < -0.39 is 11.9 Å². The van der Waals surface area contributed by atoms with Gasteiger partial charge in [-0.05, 0) is 0 Å². The van der Waals surface area contributed by atoms with Gasteiger partial charge in [-0.2, -0.15) is 0 Å². The minimum atomic E-state index is -3.50. The van der Waals surface area contributed by atoms with Crippen LogP contribution >= 0.6 is 17.2 Å². The first-order chi connectivity index (χ1) is 15.1. The number of rotatable bonds is 7. The number of halogens is 1. The van der Waals surface area contributed by atoms with Crippen LogP contribution in [0.15, 0.2) is 108 Å². The van der Waals surface area contributed by atoms with E-state index in [1.54, 1.807) is 13.0 Å². The molecule has 0 saturated carbocycles. The van der Waals surface area contributed by atoms with E-state index in [-0.39, 0.29) is 5.76 Å². The second-order valence-electron chi connectivity index (χ2n) is 7.33. The Kier molecular flexibility index (Phi) is 6.00. The average molecular weight is 451 g/mol. The van der Waals surface area contributed by atoms with Crippen molar-refractivity contribution in [1.82, 2.24) is 0 Å². The molecule has 1 heterocycles. The van der Waals surface area contributed by atoms with E-state index >= 15 is 0 Å². The Morgan fingerprint density at radius 1 is 0.774 bits per heavy atom. The molecule has 0 aliphatic carbocycles. The summed E-state index contributed by atoms with van der Waals surface area (Å²) >= 11 is 8.01. The van der Waals surface area contributed by atoms with Crippen molar-refractivity contribution in [3.63, 3.8) is 0 Å². The zero-order chi connectivity index (χ0) is 21.8. The number of esters is 1. The molecule has 3 aromatic carbocycles. The van der Waals surface area contributed by atoms with Crippen LogP contribution in [0, 0.1) is 0 Å². The summed E-state index contributed by atoms with van der Waals surface area (Å²) in [5.41, 5.74) is 0. The Hall–Kier alpha value is -2.87. The van der Waals surface area contributed by atoms with Gasteiger partial charge in [0.05, 0.1) is 0 Å². The van der Waals surface area contributed by atoms with Gasteiger partial charge in [-0.3, -0.25) is 0 Å². The standard InChI is InChI=1S/C26H24ClO3P/c1-2-29-26(28)25-19-18-21(30-25)20-31(27,22-12-6-3-7-13-22,23-14-8-4-9-15-23)24-16-10-5-11-17-24/h3-19H,2,20H2,1H3. The van der Waals surface area contributed by atoms with Crippen LogP contribution in [0.3, 0.4) is 0 Å². The molecule has 0 aliphatic rings. The van der Waals surface area contributed by atoms with Crippen molar-refractivity contribution in [2.75, 3.05) is 6.61 Å². The van der Waals surface area contributed by atoms with Gasteiger partial charge >= 0.3 is 187 Å². The summed E-state index contributed by atoms with van der Waals surface area (Å²) < 4.78 is 11.1. The van der Waals surface area contributed by atoms with Gasteiger partial charge in [0.2, 0.25) is 0 Å². The Morgan fingerprint density at radius 3 is 1.65 bits per heavy atom. The zero-order valence-electron chi connectivity index (χ0n) is 17.3. The van der Waals surface area contributed by atoms with E-state index in [1.807, 2.05) is 60.7 Å². The summed E-state index contributed by atoms with van der Waals surface area (Å²) in [7, 11) is 0. The molecule has 0 fully saturated rings. The number of benzene rings is 3. The fraction of sp³-hybridized carbons (Fsp3) is 0.115. The van der Waals surface area contributed by atoms with E-state index in [2.05, 4.69) is 36.4 Å². The van der Waals surface area contributed by atoms with E-state index in [0.717, 1.165) is 15.9 Å². The SMILES string of the molecule is CCOC(=O)c1ccc(CP(Cl)(c2ccccc2)(c2ccccc2)c2ccccc2)o1. The second kappa shape index (κ2) is 8.70. The number of carbonyl (C=O) groups excluding carboxylic acids is 1. The van der Waals surface area contributed by atoms with Crippen molar-refractivity contribution >= 4 is 39.1 Å². The van der Waals surface area contributed by atoms with Crippen molar-refractivity contribution in [3.05, 3.63) is 115 Å². The van der Waals surface area contributed by atoms with Gasteiger partial charge in [0, 0.05) is 0 Å². The molecule has 1 aromatic heterocycles. The molecule has 4 rings (SSSR count). The molecule has 158 valence electrons. The van der Waals surface area contributed by atoms with Crippen molar-refractivity contribution < 1.29 is 13.9 Å². The molecule has 31 heavy (non-hydrogen) atoms. The van der Waals surface area contributed by atoms with Crippen LogP contribution in [0.2, 0.25) is 0 Å². The first-order valence-electron chi connectivity index (χ1n) is 10.2. The van der Waals surface area contributed by atoms with Gasteiger partial charge in [-0.1, -0.05) is 0 Å². The summed E-state index contributed by atoms with van der Waals surface area (Å²) in [5.74, 6) is -3.13. The van der Waals surface area contributed by atoms with Crippen LogP contribution in [-0.2, 0) is 10.9 Å². The van der Waals surface area contributed by atoms with E-state index in [1.165, 1.54) is 0 Å². The van der Waals surface area contributed by atoms with E-state index in [9.17, 15) is 4.79 Å². The van der Waals surface area contributed by atoms with Crippen LogP contribution in [0.25, 0.3) is 0 Å². The van der Waals surface area contributed by atoms with E-state index in [0.29, 0.717) is 18.5 Å². The molecule has 0 radical (unpaired) electrons. The Morgan fingerprint density at radius 2 is 1.23 bits per heavy atom. The molecule has 3 nitrogen and oxygen atoms in total. The molecule has 5 heteroatoms. The third kappa shape index (κ3) is 3.80. The van der Waals surface area contributed by atoms with Crippen molar-refractivity contribution in [2.45, 2.75) is 13.1 Å².